The van der Waals surface area contributed by atoms with E-state index in [0.29, 0.717) is 6.61 Å². The van der Waals surface area contributed by atoms with Crippen molar-refractivity contribution in [2.24, 2.45) is 0 Å². The van der Waals surface area contributed by atoms with Gasteiger partial charge in [-0.15, -0.1) is 23.2 Å². The van der Waals surface area contributed by atoms with Crippen molar-refractivity contribution in [3.05, 3.63) is 0 Å². The number of rotatable bonds is 7. The zero-order chi connectivity index (χ0) is 8.53. The van der Waals surface area contributed by atoms with Crippen LogP contribution in [-0.2, 0) is 0 Å². The van der Waals surface area contributed by atoms with E-state index < -0.39 is 0 Å². The van der Waals surface area contributed by atoms with Crippen molar-refractivity contribution < 1.29 is 5.11 Å². The fourth-order valence-electron chi connectivity index (χ4n) is 0.941. The van der Waals surface area contributed by atoms with Crippen molar-refractivity contribution >= 4 is 23.2 Å². The lowest BCUT2D eigenvalue weighted by Gasteiger charge is -2.00. The fourth-order valence-corrected chi connectivity index (χ4v) is 1.25. The Morgan fingerprint density at radius 3 is 2.00 bits per heavy atom. The molecule has 0 rings (SSSR count). The molecule has 0 aromatic heterocycles. The highest BCUT2D eigenvalue weighted by Crippen LogP contribution is 2.13. The van der Waals surface area contributed by atoms with Gasteiger partial charge < -0.3 is 5.11 Å². The average Bonchev–Trinajstić information content (AvgIpc) is 1.96. The van der Waals surface area contributed by atoms with Gasteiger partial charge in [-0.1, -0.05) is 25.7 Å². The topological polar surface area (TPSA) is 20.2 Å². The molecule has 11 heavy (non-hydrogen) atoms. The van der Waals surface area contributed by atoms with Gasteiger partial charge in [-0.05, 0) is 12.8 Å². The van der Waals surface area contributed by atoms with Gasteiger partial charge in [-0.2, -0.15) is 0 Å². The van der Waals surface area contributed by atoms with Gasteiger partial charge in [0.2, 0.25) is 0 Å². The predicted octanol–water partition coefficient (Wildman–Crippen LogP) is 3.12. The molecule has 3 heteroatoms. The van der Waals surface area contributed by atoms with Crippen LogP contribution < -0.4 is 0 Å². The molecule has 0 unspecified atom stereocenters. The van der Waals surface area contributed by atoms with Crippen LogP contribution >= 0.6 is 23.2 Å². The maximum atomic E-state index is 8.47. The second kappa shape index (κ2) is 8.63. The Morgan fingerprint density at radius 2 is 1.45 bits per heavy atom. The minimum absolute atomic E-state index is 0.201. The molecule has 0 heterocycles. The molecule has 1 nitrogen and oxygen atoms in total. The van der Waals surface area contributed by atoms with E-state index in [4.69, 9.17) is 28.3 Å². The van der Waals surface area contributed by atoms with Crippen molar-refractivity contribution in [2.45, 2.75) is 43.4 Å². The largest absolute Gasteiger partial charge is 0.396 e. The zero-order valence-corrected chi connectivity index (χ0v) is 8.24. The van der Waals surface area contributed by atoms with Crippen LogP contribution in [0.2, 0.25) is 0 Å². The van der Waals surface area contributed by atoms with Crippen LogP contribution in [0.25, 0.3) is 0 Å². The smallest absolute Gasteiger partial charge is 0.107 e. The highest BCUT2D eigenvalue weighted by atomic mass is 35.5. The van der Waals surface area contributed by atoms with Crippen LogP contribution in [0.4, 0.5) is 0 Å². The third-order valence-electron chi connectivity index (χ3n) is 1.58. The number of alkyl halides is 2. The lowest BCUT2D eigenvalue weighted by molar-refractivity contribution is 0.282. The quantitative estimate of drug-likeness (QED) is 0.493. The molecule has 0 atom stereocenters. The third-order valence-corrected chi connectivity index (χ3v) is 2.02. The molecule has 0 saturated carbocycles. The van der Waals surface area contributed by atoms with E-state index >= 15 is 0 Å². The highest BCUT2D eigenvalue weighted by Gasteiger charge is 1.97. The molecule has 0 fully saturated rings. The summed E-state index contributed by atoms with van der Waals surface area (Å²) in [6.45, 7) is 0.313. The average molecular weight is 199 g/mol. The maximum absolute atomic E-state index is 8.47. The van der Waals surface area contributed by atoms with Gasteiger partial charge in [0, 0.05) is 6.61 Å². The molecule has 0 bridgehead atoms. The first kappa shape index (κ1) is 11.5. The SMILES string of the molecule is OCCCCCCCC(Cl)Cl. The Balaban J connectivity index is 2.80. The Hall–Kier alpha value is 0.540. The first-order valence-corrected chi connectivity index (χ1v) is 5.03. The Morgan fingerprint density at radius 1 is 0.909 bits per heavy atom. The summed E-state index contributed by atoms with van der Waals surface area (Å²) in [5.41, 5.74) is 0. The molecule has 0 aliphatic carbocycles. The summed E-state index contributed by atoms with van der Waals surface area (Å²) < 4.78 is 0. The molecule has 68 valence electrons. The van der Waals surface area contributed by atoms with Gasteiger partial charge in [0.1, 0.15) is 4.84 Å². The highest BCUT2D eigenvalue weighted by molar-refractivity contribution is 6.44. The van der Waals surface area contributed by atoms with Crippen molar-refractivity contribution in [1.82, 2.24) is 0 Å². The molecule has 0 radical (unpaired) electrons. The van der Waals surface area contributed by atoms with Crippen LogP contribution in [0.15, 0.2) is 0 Å². The Bertz CT molecular complexity index is 76.5. The number of halogens is 2. The van der Waals surface area contributed by atoms with Gasteiger partial charge in [-0.3, -0.25) is 0 Å². The molecular formula is C8H16Cl2O. The summed E-state index contributed by atoms with van der Waals surface area (Å²) >= 11 is 11.1. The van der Waals surface area contributed by atoms with E-state index in [0.717, 1.165) is 25.7 Å². The number of aliphatic hydroxyl groups is 1. The lowest BCUT2D eigenvalue weighted by atomic mass is 10.1. The van der Waals surface area contributed by atoms with Gasteiger partial charge in [-0.25, -0.2) is 0 Å². The van der Waals surface area contributed by atoms with Gasteiger partial charge >= 0.3 is 0 Å². The number of hydrogen-bond donors (Lipinski definition) is 1. The Kier molecular flexibility index (Phi) is 9.06. The molecule has 0 aromatic rings. The zero-order valence-electron chi connectivity index (χ0n) is 6.73. The normalized spacial score (nSPS) is 10.9. The van der Waals surface area contributed by atoms with E-state index in [-0.39, 0.29) is 4.84 Å². The van der Waals surface area contributed by atoms with Crippen molar-refractivity contribution in [3.8, 4) is 0 Å². The lowest BCUT2D eigenvalue weighted by Crippen LogP contribution is -1.87. The molecular weight excluding hydrogens is 183 g/mol. The van der Waals surface area contributed by atoms with Gasteiger partial charge in [0.05, 0.1) is 0 Å². The maximum Gasteiger partial charge on any atom is 0.107 e. The van der Waals surface area contributed by atoms with Gasteiger partial charge in [0.15, 0.2) is 0 Å². The molecule has 0 saturated heterocycles. The van der Waals surface area contributed by atoms with Crippen molar-refractivity contribution in [3.63, 3.8) is 0 Å². The monoisotopic (exact) mass is 198 g/mol. The number of unbranched alkanes of at least 4 members (excludes halogenated alkanes) is 4. The molecule has 0 aliphatic rings. The molecule has 0 amide bonds. The molecule has 0 aromatic carbocycles. The number of hydrogen-bond acceptors (Lipinski definition) is 1. The van der Waals surface area contributed by atoms with E-state index in [1.165, 1.54) is 12.8 Å². The minimum Gasteiger partial charge on any atom is -0.396 e. The molecule has 1 N–H and O–H groups in total. The summed E-state index contributed by atoms with van der Waals surface area (Å²) in [7, 11) is 0. The first-order chi connectivity index (χ1) is 5.27. The van der Waals surface area contributed by atoms with E-state index in [1.807, 2.05) is 0 Å². The standard InChI is InChI=1S/C8H16Cl2O/c9-8(10)6-4-2-1-3-5-7-11/h8,11H,1-7H2. The summed E-state index contributed by atoms with van der Waals surface area (Å²) in [5.74, 6) is 0. The number of aliphatic hydroxyl groups excluding tert-OH is 1. The van der Waals surface area contributed by atoms with E-state index in [2.05, 4.69) is 0 Å². The third kappa shape index (κ3) is 10.5. The minimum atomic E-state index is -0.201. The fraction of sp³-hybridized carbons (Fsp3) is 1.00. The predicted molar refractivity (Wildman–Crippen MR) is 50.3 cm³/mol. The van der Waals surface area contributed by atoms with Crippen molar-refractivity contribution in [1.29, 1.82) is 0 Å². The van der Waals surface area contributed by atoms with Crippen molar-refractivity contribution in [2.75, 3.05) is 6.61 Å². The second-order valence-electron chi connectivity index (χ2n) is 2.67. The van der Waals surface area contributed by atoms with Crippen LogP contribution in [-0.4, -0.2) is 16.5 Å². The van der Waals surface area contributed by atoms with E-state index in [1.54, 1.807) is 0 Å². The van der Waals surface area contributed by atoms with Crippen LogP contribution in [0.1, 0.15) is 38.5 Å². The molecule has 0 spiro atoms. The molecule has 0 aliphatic heterocycles. The van der Waals surface area contributed by atoms with Gasteiger partial charge in [0.25, 0.3) is 0 Å². The summed E-state index contributed by atoms with van der Waals surface area (Å²) in [6.07, 6.45) is 6.39. The van der Waals surface area contributed by atoms with Crippen LogP contribution in [0.3, 0.4) is 0 Å². The van der Waals surface area contributed by atoms with Crippen LogP contribution in [0, 0.1) is 0 Å². The Labute approximate surface area is 78.7 Å². The summed E-state index contributed by atoms with van der Waals surface area (Å²) in [4.78, 5) is -0.201. The second-order valence-corrected chi connectivity index (χ2v) is 3.95. The summed E-state index contributed by atoms with van der Waals surface area (Å²) in [6, 6.07) is 0. The van der Waals surface area contributed by atoms with E-state index in [9.17, 15) is 0 Å². The van der Waals surface area contributed by atoms with Crippen LogP contribution in [0.5, 0.6) is 0 Å². The summed E-state index contributed by atoms with van der Waals surface area (Å²) in [5, 5.41) is 8.47. The first-order valence-electron chi connectivity index (χ1n) is 4.16.